The third-order valence-corrected chi connectivity index (χ3v) is 2.14. The van der Waals surface area contributed by atoms with Gasteiger partial charge in [0.15, 0.2) is 17.8 Å². The van der Waals surface area contributed by atoms with Crippen LogP contribution in [0.15, 0.2) is 12.1 Å². The van der Waals surface area contributed by atoms with Gasteiger partial charge in [-0.15, -0.1) is 0 Å². The van der Waals surface area contributed by atoms with E-state index in [1.54, 1.807) is 6.92 Å². The van der Waals surface area contributed by atoms with Crippen LogP contribution >= 0.6 is 0 Å². The van der Waals surface area contributed by atoms with Crippen molar-refractivity contribution in [2.24, 2.45) is 0 Å². The van der Waals surface area contributed by atoms with Crippen molar-refractivity contribution >= 4 is 12.3 Å². The highest BCUT2D eigenvalue weighted by atomic mass is 16.5. The van der Waals surface area contributed by atoms with E-state index in [0.717, 1.165) is 0 Å². The fourth-order valence-electron chi connectivity index (χ4n) is 1.40. The summed E-state index contributed by atoms with van der Waals surface area (Å²) in [6.07, 6.45) is 0.611. The molecule has 0 aromatic heterocycles. The maximum atomic E-state index is 11.4. The van der Waals surface area contributed by atoms with Crippen LogP contribution in [0.1, 0.15) is 27.6 Å². The fourth-order valence-corrected chi connectivity index (χ4v) is 1.40. The van der Waals surface area contributed by atoms with Crippen molar-refractivity contribution in [2.75, 3.05) is 20.8 Å². The molecule has 0 bridgehead atoms. The van der Waals surface area contributed by atoms with Gasteiger partial charge in [-0.25, -0.2) is 4.79 Å². The molecule has 1 rings (SSSR count). The van der Waals surface area contributed by atoms with Crippen molar-refractivity contribution in [1.29, 1.82) is 0 Å². The first-order chi connectivity index (χ1) is 8.17. The van der Waals surface area contributed by atoms with E-state index in [0.29, 0.717) is 24.4 Å². The molecule has 0 aliphatic carbocycles. The molecule has 0 aliphatic rings. The van der Waals surface area contributed by atoms with Gasteiger partial charge in [0.05, 0.1) is 32.0 Å². The lowest BCUT2D eigenvalue weighted by atomic mass is 10.1. The Morgan fingerprint density at radius 3 is 2.53 bits per heavy atom. The standard InChI is InChI=1S/C12H14O5/c1-4-17-11-9(7-13)5-8(12(14)16-3)6-10(11)15-2/h5-7H,4H2,1-3H3. The van der Waals surface area contributed by atoms with Gasteiger partial charge in [0.1, 0.15) is 0 Å². The van der Waals surface area contributed by atoms with Gasteiger partial charge in [0.2, 0.25) is 0 Å². The van der Waals surface area contributed by atoms with Crippen LogP contribution in [0, 0.1) is 0 Å². The Hall–Kier alpha value is -2.04. The van der Waals surface area contributed by atoms with E-state index < -0.39 is 5.97 Å². The molecule has 1 aromatic rings. The SMILES string of the molecule is CCOc1c(C=O)cc(C(=O)OC)cc1OC. The number of rotatable bonds is 5. The topological polar surface area (TPSA) is 61.8 Å². The number of aldehydes is 1. The minimum absolute atomic E-state index is 0.245. The Kier molecular flexibility index (Phi) is 4.51. The molecule has 92 valence electrons. The molecule has 17 heavy (non-hydrogen) atoms. The Balaban J connectivity index is 3.33. The van der Waals surface area contributed by atoms with Gasteiger partial charge in [0.25, 0.3) is 0 Å². The van der Waals surface area contributed by atoms with E-state index in [4.69, 9.17) is 9.47 Å². The van der Waals surface area contributed by atoms with Gasteiger partial charge >= 0.3 is 5.97 Å². The molecule has 0 saturated heterocycles. The lowest BCUT2D eigenvalue weighted by molar-refractivity contribution is 0.0600. The Bertz CT molecular complexity index is 425. The number of carbonyl (C=O) groups excluding carboxylic acids is 2. The molecule has 0 N–H and O–H groups in total. The first-order valence-corrected chi connectivity index (χ1v) is 5.06. The van der Waals surface area contributed by atoms with Crippen LogP contribution in [-0.4, -0.2) is 33.1 Å². The van der Waals surface area contributed by atoms with Crippen LogP contribution in [-0.2, 0) is 4.74 Å². The summed E-state index contributed by atoms with van der Waals surface area (Å²) in [5.41, 5.74) is 0.501. The molecule has 0 aliphatic heterocycles. The zero-order valence-corrected chi connectivity index (χ0v) is 9.98. The summed E-state index contributed by atoms with van der Waals surface area (Å²) >= 11 is 0. The predicted octanol–water partition coefficient (Wildman–Crippen LogP) is 1.69. The van der Waals surface area contributed by atoms with Crippen molar-refractivity contribution in [1.82, 2.24) is 0 Å². The van der Waals surface area contributed by atoms with Crippen molar-refractivity contribution in [3.8, 4) is 11.5 Å². The first kappa shape index (κ1) is 13.0. The maximum absolute atomic E-state index is 11.4. The molecule has 0 fully saturated rings. The van der Waals surface area contributed by atoms with Crippen LogP contribution in [0.5, 0.6) is 11.5 Å². The average molecular weight is 238 g/mol. The Morgan fingerprint density at radius 1 is 1.35 bits per heavy atom. The van der Waals surface area contributed by atoms with Crippen molar-refractivity contribution in [3.05, 3.63) is 23.3 Å². The van der Waals surface area contributed by atoms with Crippen molar-refractivity contribution < 1.29 is 23.8 Å². The quantitative estimate of drug-likeness (QED) is 0.577. The molecule has 1 aromatic carbocycles. The van der Waals surface area contributed by atoms with E-state index >= 15 is 0 Å². The zero-order chi connectivity index (χ0) is 12.8. The number of hydrogen-bond acceptors (Lipinski definition) is 5. The van der Waals surface area contributed by atoms with Crippen LogP contribution in [0.2, 0.25) is 0 Å². The van der Waals surface area contributed by atoms with Gasteiger partial charge < -0.3 is 14.2 Å². The Labute approximate surface area is 99.3 Å². The molecule has 0 unspecified atom stereocenters. The largest absolute Gasteiger partial charge is 0.493 e. The normalized spacial score (nSPS) is 9.59. The number of hydrogen-bond donors (Lipinski definition) is 0. The molecule has 0 spiro atoms. The van der Waals surface area contributed by atoms with Crippen LogP contribution in [0.4, 0.5) is 0 Å². The molecular formula is C12H14O5. The predicted molar refractivity (Wildman–Crippen MR) is 60.9 cm³/mol. The highest BCUT2D eigenvalue weighted by Crippen LogP contribution is 2.32. The third-order valence-electron chi connectivity index (χ3n) is 2.14. The molecule has 0 amide bonds. The fraction of sp³-hybridized carbons (Fsp3) is 0.333. The number of methoxy groups -OCH3 is 2. The molecular weight excluding hydrogens is 224 g/mol. The second-order valence-corrected chi connectivity index (χ2v) is 3.14. The number of benzene rings is 1. The lowest BCUT2D eigenvalue weighted by Gasteiger charge is -2.12. The second-order valence-electron chi connectivity index (χ2n) is 3.14. The summed E-state index contributed by atoms with van der Waals surface area (Å²) in [7, 11) is 2.71. The summed E-state index contributed by atoms with van der Waals surface area (Å²) in [4.78, 5) is 22.3. The van der Waals surface area contributed by atoms with E-state index in [1.807, 2.05) is 0 Å². The number of esters is 1. The van der Waals surface area contributed by atoms with Crippen LogP contribution < -0.4 is 9.47 Å². The average Bonchev–Trinajstić information content (AvgIpc) is 2.38. The maximum Gasteiger partial charge on any atom is 0.338 e. The van der Waals surface area contributed by atoms with E-state index in [2.05, 4.69) is 4.74 Å². The van der Waals surface area contributed by atoms with Crippen LogP contribution in [0.25, 0.3) is 0 Å². The van der Waals surface area contributed by atoms with Gasteiger partial charge in [-0.2, -0.15) is 0 Å². The molecule has 0 radical (unpaired) electrons. The third kappa shape index (κ3) is 2.75. The Morgan fingerprint density at radius 2 is 2.06 bits per heavy atom. The molecule has 5 heteroatoms. The number of carbonyl (C=O) groups is 2. The molecule has 5 nitrogen and oxygen atoms in total. The van der Waals surface area contributed by atoms with Crippen molar-refractivity contribution in [3.63, 3.8) is 0 Å². The van der Waals surface area contributed by atoms with Gasteiger partial charge in [0, 0.05) is 0 Å². The number of ether oxygens (including phenoxy) is 3. The van der Waals surface area contributed by atoms with Gasteiger partial charge in [-0.3, -0.25) is 4.79 Å². The summed E-state index contributed by atoms with van der Waals surface area (Å²) in [6, 6.07) is 2.89. The molecule has 0 saturated carbocycles. The second kappa shape index (κ2) is 5.89. The minimum Gasteiger partial charge on any atom is -0.493 e. The first-order valence-electron chi connectivity index (χ1n) is 5.06. The summed E-state index contributed by atoms with van der Waals surface area (Å²) < 4.78 is 15.0. The smallest absolute Gasteiger partial charge is 0.338 e. The van der Waals surface area contributed by atoms with Crippen LogP contribution in [0.3, 0.4) is 0 Å². The van der Waals surface area contributed by atoms with E-state index in [9.17, 15) is 9.59 Å². The summed E-state index contributed by atoms with van der Waals surface area (Å²) in [5, 5.41) is 0. The van der Waals surface area contributed by atoms with Gasteiger partial charge in [-0.05, 0) is 19.1 Å². The zero-order valence-electron chi connectivity index (χ0n) is 9.98. The minimum atomic E-state index is -0.533. The molecule has 0 atom stereocenters. The van der Waals surface area contributed by atoms with E-state index in [-0.39, 0.29) is 11.1 Å². The van der Waals surface area contributed by atoms with Crippen molar-refractivity contribution in [2.45, 2.75) is 6.92 Å². The summed E-state index contributed by atoms with van der Waals surface area (Å²) in [6.45, 7) is 2.19. The van der Waals surface area contributed by atoms with Gasteiger partial charge in [-0.1, -0.05) is 0 Å². The lowest BCUT2D eigenvalue weighted by Crippen LogP contribution is -2.05. The van der Waals surface area contributed by atoms with E-state index in [1.165, 1.54) is 26.4 Å². The highest BCUT2D eigenvalue weighted by molar-refractivity contribution is 5.94. The highest BCUT2D eigenvalue weighted by Gasteiger charge is 2.16. The summed E-state index contributed by atoms with van der Waals surface area (Å²) in [5.74, 6) is 0.129. The molecule has 0 heterocycles. The monoisotopic (exact) mass is 238 g/mol.